The number of urea groups is 1. The lowest BCUT2D eigenvalue weighted by molar-refractivity contribution is -0.692. The minimum Gasteiger partial charge on any atom is -0.333 e. The van der Waals surface area contributed by atoms with E-state index >= 15 is 0 Å². The maximum atomic E-state index is 11.9. The first-order valence-electron chi connectivity index (χ1n) is 7.69. The van der Waals surface area contributed by atoms with Crippen LogP contribution in [0.5, 0.6) is 0 Å². The Balaban J connectivity index is 2.52. The molecule has 5 heteroatoms. The van der Waals surface area contributed by atoms with Crippen molar-refractivity contribution in [2.24, 2.45) is 5.92 Å². The zero-order valence-corrected chi connectivity index (χ0v) is 14.1. The van der Waals surface area contributed by atoms with Crippen LogP contribution in [0.4, 0.5) is 4.79 Å². The fourth-order valence-electron chi connectivity index (χ4n) is 2.25. The summed E-state index contributed by atoms with van der Waals surface area (Å²) in [6, 6.07) is 9.83. The van der Waals surface area contributed by atoms with E-state index in [4.69, 9.17) is 0 Å². The molecule has 122 valence electrons. The monoisotopic (exact) mass is 306 g/mol. The van der Waals surface area contributed by atoms with Crippen molar-refractivity contribution >= 4 is 11.9 Å². The summed E-state index contributed by atoms with van der Waals surface area (Å²) in [5.41, 5.74) is 0.822. The second-order valence-electron chi connectivity index (χ2n) is 6.87. The van der Waals surface area contributed by atoms with Crippen molar-refractivity contribution in [1.29, 1.82) is 0 Å². The summed E-state index contributed by atoms with van der Waals surface area (Å²) in [6.45, 7) is 10.1. The lowest BCUT2D eigenvalue weighted by Crippen LogP contribution is -2.88. The molecule has 0 saturated carbocycles. The van der Waals surface area contributed by atoms with Crippen molar-refractivity contribution in [3.05, 3.63) is 35.9 Å². The molecule has 0 saturated heterocycles. The molecule has 1 rings (SSSR count). The molecule has 0 heterocycles. The Hall–Kier alpha value is -1.88. The average molecular weight is 306 g/mol. The molecule has 0 aromatic heterocycles. The van der Waals surface area contributed by atoms with Gasteiger partial charge in [0, 0.05) is 17.0 Å². The normalized spacial score (nSPS) is 12.8. The second-order valence-corrected chi connectivity index (χ2v) is 6.87. The number of carbonyl (C=O) groups is 2. The molecule has 1 aromatic carbocycles. The SMILES string of the molecule is CC(C)[C@H]([NH2+]CC(=O)NC(=O)NC(C)(C)C)c1ccccc1. The smallest absolute Gasteiger partial charge is 0.322 e. The summed E-state index contributed by atoms with van der Waals surface area (Å²) in [6.07, 6.45) is 0. The number of hydrogen-bond donors (Lipinski definition) is 3. The van der Waals surface area contributed by atoms with E-state index in [-0.39, 0.29) is 24.0 Å². The van der Waals surface area contributed by atoms with Crippen molar-refractivity contribution in [2.45, 2.75) is 46.2 Å². The van der Waals surface area contributed by atoms with Crippen LogP contribution in [-0.2, 0) is 4.79 Å². The Morgan fingerprint density at radius 2 is 1.73 bits per heavy atom. The van der Waals surface area contributed by atoms with Gasteiger partial charge in [-0.05, 0) is 20.8 Å². The molecule has 0 spiro atoms. The number of quaternary nitrogens is 1. The molecule has 3 amide bonds. The number of carbonyl (C=O) groups excluding carboxylic acids is 2. The molecular formula is C17H28N3O2+. The van der Waals surface area contributed by atoms with E-state index in [1.54, 1.807) is 0 Å². The third kappa shape index (κ3) is 6.72. The quantitative estimate of drug-likeness (QED) is 0.772. The number of nitrogens with one attached hydrogen (secondary N) is 2. The van der Waals surface area contributed by atoms with Gasteiger partial charge in [-0.15, -0.1) is 0 Å². The molecule has 1 atom stereocenters. The molecule has 0 aliphatic carbocycles. The van der Waals surface area contributed by atoms with Gasteiger partial charge in [0.2, 0.25) is 0 Å². The first-order valence-corrected chi connectivity index (χ1v) is 7.69. The van der Waals surface area contributed by atoms with Crippen LogP contribution in [0.25, 0.3) is 0 Å². The highest BCUT2D eigenvalue weighted by Crippen LogP contribution is 2.16. The number of hydrogen-bond acceptors (Lipinski definition) is 2. The van der Waals surface area contributed by atoms with Gasteiger partial charge in [0.05, 0.1) is 0 Å². The zero-order valence-electron chi connectivity index (χ0n) is 14.1. The topological polar surface area (TPSA) is 74.8 Å². The molecule has 0 unspecified atom stereocenters. The Morgan fingerprint density at radius 1 is 1.14 bits per heavy atom. The van der Waals surface area contributed by atoms with Crippen LogP contribution in [0.1, 0.15) is 46.2 Å². The van der Waals surface area contributed by atoms with Crippen molar-refractivity contribution in [1.82, 2.24) is 10.6 Å². The number of nitrogens with two attached hydrogens (primary N) is 1. The van der Waals surface area contributed by atoms with Crippen molar-refractivity contribution in [3.63, 3.8) is 0 Å². The van der Waals surface area contributed by atoms with Gasteiger partial charge >= 0.3 is 6.03 Å². The van der Waals surface area contributed by atoms with Gasteiger partial charge in [0.15, 0.2) is 6.54 Å². The second kappa shape index (κ2) is 7.94. The van der Waals surface area contributed by atoms with Crippen LogP contribution < -0.4 is 16.0 Å². The molecule has 0 radical (unpaired) electrons. The summed E-state index contributed by atoms with van der Waals surface area (Å²) in [4.78, 5) is 23.6. The van der Waals surface area contributed by atoms with Gasteiger partial charge < -0.3 is 10.6 Å². The lowest BCUT2D eigenvalue weighted by Gasteiger charge is -2.21. The van der Waals surface area contributed by atoms with Crippen LogP contribution >= 0.6 is 0 Å². The van der Waals surface area contributed by atoms with Gasteiger partial charge in [-0.3, -0.25) is 10.1 Å². The van der Waals surface area contributed by atoms with E-state index in [0.717, 1.165) is 0 Å². The minimum atomic E-state index is -0.452. The van der Waals surface area contributed by atoms with Crippen molar-refractivity contribution in [3.8, 4) is 0 Å². The molecule has 0 aliphatic rings. The molecule has 4 N–H and O–H groups in total. The fourth-order valence-corrected chi connectivity index (χ4v) is 2.25. The first kappa shape index (κ1) is 18.2. The van der Waals surface area contributed by atoms with E-state index in [1.165, 1.54) is 5.56 Å². The third-order valence-electron chi connectivity index (χ3n) is 3.20. The summed E-state index contributed by atoms with van der Waals surface area (Å²) >= 11 is 0. The van der Waals surface area contributed by atoms with E-state index in [2.05, 4.69) is 36.6 Å². The lowest BCUT2D eigenvalue weighted by atomic mass is 9.96. The van der Waals surface area contributed by atoms with Gasteiger partial charge in [-0.2, -0.15) is 0 Å². The highest BCUT2D eigenvalue weighted by atomic mass is 16.2. The Kier molecular flexibility index (Phi) is 6.56. The van der Waals surface area contributed by atoms with E-state index in [0.29, 0.717) is 5.92 Å². The van der Waals surface area contributed by atoms with Crippen LogP contribution in [0, 0.1) is 5.92 Å². The van der Waals surface area contributed by atoms with Crippen LogP contribution in [-0.4, -0.2) is 24.0 Å². The molecular weight excluding hydrogens is 278 g/mol. The highest BCUT2D eigenvalue weighted by Gasteiger charge is 2.21. The zero-order chi connectivity index (χ0) is 16.8. The standard InChI is InChI=1S/C17H27N3O2/c1-12(2)15(13-9-7-6-8-10-13)18-11-14(21)19-16(22)20-17(3,4)5/h6-10,12,15,18H,11H2,1-5H3,(H2,19,20,21,22)/p+1/t15-/m0/s1. The van der Waals surface area contributed by atoms with Crippen molar-refractivity contribution in [2.75, 3.05) is 6.54 Å². The van der Waals surface area contributed by atoms with Gasteiger partial charge in [0.1, 0.15) is 6.04 Å². The number of amides is 3. The van der Waals surface area contributed by atoms with E-state index in [1.807, 2.05) is 44.3 Å². The van der Waals surface area contributed by atoms with Gasteiger partial charge in [-0.1, -0.05) is 44.2 Å². The Labute approximate surface area is 132 Å². The van der Waals surface area contributed by atoms with Crippen LogP contribution in [0.3, 0.4) is 0 Å². The van der Waals surface area contributed by atoms with Crippen molar-refractivity contribution < 1.29 is 14.9 Å². The third-order valence-corrected chi connectivity index (χ3v) is 3.20. The van der Waals surface area contributed by atoms with Gasteiger partial charge in [0.25, 0.3) is 5.91 Å². The Bertz CT molecular complexity index is 492. The van der Waals surface area contributed by atoms with E-state index < -0.39 is 6.03 Å². The first-order chi connectivity index (χ1) is 10.2. The highest BCUT2D eigenvalue weighted by molar-refractivity contribution is 5.94. The number of benzene rings is 1. The minimum absolute atomic E-state index is 0.192. The van der Waals surface area contributed by atoms with E-state index in [9.17, 15) is 9.59 Å². The van der Waals surface area contributed by atoms with Crippen LogP contribution in [0.15, 0.2) is 30.3 Å². The largest absolute Gasteiger partial charge is 0.333 e. The molecule has 0 aliphatic heterocycles. The number of imide groups is 1. The number of rotatable bonds is 5. The summed E-state index contributed by atoms with van der Waals surface area (Å²) in [7, 11) is 0. The van der Waals surface area contributed by atoms with Crippen LogP contribution in [0.2, 0.25) is 0 Å². The Morgan fingerprint density at radius 3 is 2.23 bits per heavy atom. The summed E-state index contributed by atoms with van der Waals surface area (Å²) < 4.78 is 0. The maximum Gasteiger partial charge on any atom is 0.322 e. The summed E-state index contributed by atoms with van der Waals surface area (Å²) in [5.74, 6) is 0.0990. The average Bonchev–Trinajstić information content (AvgIpc) is 2.37. The molecule has 0 fully saturated rings. The molecule has 0 bridgehead atoms. The molecule has 22 heavy (non-hydrogen) atoms. The molecule has 5 nitrogen and oxygen atoms in total. The maximum absolute atomic E-state index is 11.9. The summed E-state index contributed by atoms with van der Waals surface area (Å²) in [5, 5.41) is 7.04. The predicted molar refractivity (Wildman–Crippen MR) is 87.2 cm³/mol. The predicted octanol–water partition coefficient (Wildman–Crippen LogP) is 1.57. The molecule has 1 aromatic rings. The fraction of sp³-hybridized carbons (Fsp3) is 0.529. The van der Waals surface area contributed by atoms with Gasteiger partial charge in [-0.25, -0.2) is 4.79 Å².